The van der Waals surface area contributed by atoms with E-state index < -0.39 is 0 Å². The molecule has 1 heteroatoms. The molecule has 0 aromatic carbocycles. The Kier molecular flexibility index (Phi) is 1.59. The summed E-state index contributed by atoms with van der Waals surface area (Å²) in [6, 6.07) is 0. The van der Waals surface area contributed by atoms with Gasteiger partial charge in [-0.25, -0.2) is 0 Å². The van der Waals surface area contributed by atoms with Gasteiger partial charge in [0.15, 0.2) is 0 Å². The topological polar surface area (TPSA) is 0 Å². The summed E-state index contributed by atoms with van der Waals surface area (Å²) in [4.78, 5) is 0. The Bertz CT molecular complexity index is 115. The van der Waals surface area contributed by atoms with E-state index in [9.17, 15) is 0 Å². The molecule has 0 aromatic rings. The zero-order chi connectivity index (χ0) is 5.28. The summed E-state index contributed by atoms with van der Waals surface area (Å²) in [5, 5.41) is 0. The van der Waals surface area contributed by atoms with E-state index in [1.807, 2.05) is 0 Å². The molecule has 1 aliphatic rings. The Hall–Kier alpha value is 0.298. The van der Waals surface area contributed by atoms with Gasteiger partial charge in [-0.2, -0.15) is 0 Å². The average molecular weight is 202 g/mol. The van der Waals surface area contributed by atoms with E-state index in [2.05, 4.69) is 26.0 Å². The van der Waals surface area contributed by atoms with Crippen LogP contribution in [0, 0.1) is 6.08 Å². The fourth-order valence-corrected chi connectivity index (χ4v) is 3.10. The Balaban J connectivity index is 2.61. The van der Waals surface area contributed by atoms with Crippen LogP contribution in [0.1, 0.15) is 13.8 Å². The molecule has 0 fully saturated rings. The van der Waals surface area contributed by atoms with Gasteiger partial charge in [0.05, 0.1) is 0 Å². The van der Waals surface area contributed by atoms with Gasteiger partial charge in [-0.3, -0.25) is 0 Å². The van der Waals surface area contributed by atoms with E-state index in [0.29, 0.717) is 0 Å². The van der Waals surface area contributed by atoms with Crippen LogP contribution >= 0.6 is 0 Å². The molecule has 0 aliphatic carbocycles. The van der Waals surface area contributed by atoms with Crippen molar-refractivity contribution < 1.29 is 0 Å². The molecule has 0 aromatic heterocycles. The van der Waals surface area contributed by atoms with Crippen molar-refractivity contribution in [1.82, 2.24) is 0 Å². The first kappa shape index (κ1) is 5.44. The van der Waals surface area contributed by atoms with Gasteiger partial charge < -0.3 is 0 Å². The Labute approximate surface area is 54.8 Å². The summed E-state index contributed by atoms with van der Waals surface area (Å²) in [5.41, 5.74) is 0. The van der Waals surface area contributed by atoms with Crippen LogP contribution in [0.15, 0.2) is 13.1 Å². The van der Waals surface area contributed by atoms with E-state index in [4.69, 9.17) is 0 Å². The molecule has 0 spiro atoms. The van der Waals surface area contributed by atoms with Gasteiger partial charge in [-0.15, -0.1) is 0 Å². The van der Waals surface area contributed by atoms with E-state index in [1.165, 1.54) is 3.52 Å². The summed E-state index contributed by atoms with van der Waals surface area (Å²) >= 11 is -0.183. The molecule has 0 bridgehead atoms. The van der Waals surface area contributed by atoms with Crippen LogP contribution in [-0.2, 0) is 0 Å². The molecule has 0 atom stereocenters. The summed E-state index contributed by atoms with van der Waals surface area (Å²) in [5.74, 6) is 0. The van der Waals surface area contributed by atoms with Gasteiger partial charge in [0.2, 0.25) is 0 Å². The maximum absolute atomic E-state index is 3.20. The van der Waals surface area contributed by atoms with Crippen LogP contribution in [0.5, 0.6) is 0 Å². The Morgan fingerprint density at radius 2 is 2.29 bits per heavy atom. The molecule has 1 aliphatic heterocycles. The van der Waals surface area contributed by atoms with Gasteiger partial charge >= 0.3 is 54.7 Å². The molecule has 0 saturated carbocycles. The second-order valence-electron chi connectivity index (χ2n) is 1.72. The van der Waals surface area contributed by atoms with Crippen molar-refractivity contribution in [3.05, 3.63) is 19.2 Å². The third-order valence-corrected chi connectivity index (χ3v) is 3.91. The van der Waals surface area contributed by atoms with E-state index in [0.717, 1.165) is 0 Å². The molecule has 1 heterocycles. The standard InChI is InChI=1S/C6H7.Sb.H/c1-3-5-6-4-2;;/h5H,1-2H3;;. The fourth-order valence-electron chi connectivity index (χ4n) is 0.584. The molecule has 0 unspecified atom stereocenters. The molecule has 0 nitrogen and oxygen atoms in total. The number of hydrogen-bond donors (Lipinski definition) is 0. The third kappa shape index (κ3) is 1.35. The Morgan fingerprint density at radius 1 is 1.57 bits per heavy atom. The average Bonchev–Trinajstić information content (AvgIpc) is 1.87. The number of rotatable bonds is 0. The molecule has 1 radical (unpaired) electrons. The minimum absolute atomic E-state index is 0.183. The molecular formula is C6H8Sb. The molecule has 1 rings (SSSR count). The summed E-state index contributed by atoms with van der Waals surface area (Å²) in [6.45, 7) is 4.38. The van der Waals surface area contributed by atoms with Crippen molar-refractivity contribution >= 4 is 21.6 Å². The number of hydrogen-bond acceptors (Lipinski definition) is 0. The van der Waals surface area contributed by atoms with Crippen LogP contribution in [-0.4, -0.2) is 21.6 Å². The van der Waals surface area contributed by atoms with Crippen molar-refractivity contribution in [2.45, 2.75) is 13.8 Å². The fraction of sp³-hybridized carbons (Fsp3) is 0.333. The predicted molar refractivity (Wildman–Crippen MR) is 33.3 cm³/mol. The van der Waals surface area contributed by atoms with Crippen molar-refractivity contribution in [3.8, 4) is 0 Å². The molecule has 37 valence electrons. The monoisotopic (exact) mass is 201 g/mol. The minimum atomic E-state index is -0.183. The van der Waals surface area contributed by atoms with Gasteiger partial charge in [-0.1, -0.05) is 0 Å². The van der Waals surface area contributed by atoms with Crippen LogP contribution in [0.3, 0.4) is 0 Å². The van der Waals surface area contributed by atoms with E-state index in [-0.39, 0.29) is 21.6 Å². The normalized spacial score (nSPS) is 19.1. The zero-order valence-corrected chi connectivity index (χ0v) is 7.43. The first-order chi connectivity index (χ1) is 3.29. The van der Waals surface area contributed by atoms with Gasteiger partial charge in [0.1, 0.15) is 0 Å². The van der Waals surface area contributed by atoms with Crippen molar-refractivity contribution in [1.29, 1.82) is 0 Å². The second kappa shape index (κ2) is 2.04. The van der Waals surface area contributed by atoms with Crippen molar-refractivity contribution in [3.63, 3.8) is 0 Å². The van der Waals surface area contributed by atoms with E-state index >= 15 is 0 Å². The van der Waals surface area contributed by atoms with Crippen LogP contribution in [0.2, 0.25) is 0 Å². The molecule has 0 saturated heterocycles. The third-order valence-electron chi connectivity index (χ3n) is 0.890. The van der Waals surface area contributed by atoms with Crippen molar-refractivity contribution in [2.75, 3.05) is 0 Å². The molecule has 0 N–H and O–H groups in total. The predicted octanol–water partition coefficient (Wildman–Crippen LogP) is 1.05. The molecule has 7 heavy (non-hydrogen) atoms. The summed E-state index contributed by atoms with van der Waals surface area (Å²) in [7, 11) is 0. The van der Waals surface area contributed by atoms with Crippen LogP contribution in [0.25, 0.3) is 0 Å². The first-order valence-electron chi connectivity index (χ1n) is 2.33. The van der Waals surface area contributed by atoms with E-state index in [1.54, 1.807) is 3.52 Å². The number of allylic oxidation sites excluding steroid dienone is 4. The van der Waals surface area contributed by atoms with Crippen molar-refractivity contribution in [2.24, 2.45) is 0 Å². The SMILES string of the molecule is C[C]1=[C]C=[C](C)[SbH]1. The zero-order valence-electron chi connectivity index (χ0n) is 4.58. The van der Waals surface area contributed by atoms with Gasteiger partial charge in [-0.05, 0) is 0 Å². The molecular weight excluding hydrogens is 194 g/mol. The van der Waals surface area contributed by atoms with Crippen LogP contribution < -0.4 is 0 Å². The quantitative estimate of drug-likeness (QED) is 0.515. The first-order valence-corrected chi connectivity index (χ1v) is 5.18. The maximum atomic E-state index is 3.20. The summed E-state index contributed by atoms with van der Waals surface area (Å²) in [6.07, 6.45) is 5.33. The van der Waals surface area contributed by atoms with Gasteiger partial charge in [0.25, 0.3) is 0 Å². The van der Waals surface area contributed by atoms with Gasteiger partial charge in [0, 0.05) is 0 Å². The summed E-state index contributed by atoms with van der Waals surface area (Å²) < 4.78 is 3.13. The Morgan fingerprint density at radius 3 is 2.43 bits per heavy atom. The second-order valence-corrected chi connectivity index (χ2v) is 6.83. The molecule has 0 amide bonds. The van der Waals surface area contributed by atoms with Crippen LogP contribution in [0.4, 0.5) is 0 Å².